The van der Waals surface area contributed by atoms with Crippen molar-refractivity contribution in [1.29, 1.82) is 0 Å². The summed E-state index contributed by atoms with van der Waals surface area (Å²) < 4.78 is 4.98. The molecule has 5 nitrogen and oxygen atoms in total. The van der Waals surface area contributed by atoms with E-state index in [1.54, 1.807) is 11.0 Å². The summed E-state index contributed by atoms with van der Waals surface area (Å²) in [6.07, 6.45) is 4.56. The molecule has 1 spiro atoms. The van der Waals surface area contributed by atoms with Gasteiger partial charge in [0.2, 0.25) is 0 Å². The van der Waals surface area contributed by atoms with Gasteiger partial charge in [-0.05, 0) is 31.1 Å². The summed E-state index contributed by atoms with van der Waals surface area (Å²) >= 11 is 0. The lowest BCUT2D eigenvalue weighted by molar-refractivity contribution is -0.152. The zero-order valence-electron chi connectivity index (χ0n) is 10.4. The number of rotatable bonds is 3. The summed E-state index contributed by atoms with van der Waals surface area (Å²) in [6, 6.07) is 0. The Kier molecular flexibility index (Phi) is 3.59. The first-order valence-corrected chi connectivity index (χ1v) is 6.32. The molecule has 1 saturated heterocycles. The van der Waals surface area contributed by atoms with E-state index in [0.717, 1.165) is 25.7 Å². The van der Waals surface area contributed by atoms with Gasteiger partial charge < -0.3 is 14.7 Å². The molecule has 2 rings (SSSR count). The van der Waals surface area contributed by atoms with Crippen molar-refractivity contribution in [3.63, 3.8) is 0 Å². The smallest absolute Gasteiger partial charge is 0.410 e. The minimum atomic E-state index is -0.687. The van der Waals surface area contributed by atoms with E-state index in [-0.39, 0.29) is 24.0 Å². The molecule has 1 saturated carbocycles. The topological polar surface area (TPSA) is 66.8 Å². The Balaban J connectivity index is 1.77. The third kappa shape index (κ3) is 2.49. The van der Waals surface area contributed by atoms with Crippen molar-refractivity contribution in [3.05, 3.63) is 12.7 Å². The van der Waals surface area contributed by atoms with Crippen molar-refractivity contribution in [1.82, 2.24) is 4.90 Å². The number of amides is 1. The molecule has 1 aliphatic carbocycles. The number of hydrogen-bond acceptors (Lipinski definition) is 3. The van der Waals surface area contributed by atoms with E-state index in [1.165, 1.54) is 0 Å². The zero-order valence-corrected chi connectivity index (χ0v) is 10.4. The van der Waals surface area contributed by atoms with Crippen molar-refractivity contribution < 1.29 is 19.4 Å². The number of ether oxygens (including phenoxy) is 1. The van der Waals surface area contributed by atoms with Gasteiger partial charge in [0.1, 0.15) is 6.61 Å². The number of carboxylic acid groups (broad SMARTS) is 1. The fourth-order valence-electron chi connectivity index (χ4n) is 2.95. The predicted molar refractivity (Wildman–Crippen MR) is 65.1 cm³/mol. The van der Waals surface area contributed by atoms with Gasteiger partial charge in [-0.1, -0.05) is 12.7 Å². The summed E-state index contributed by atoms with van der Waals surface area (Å²) in [5, 5.41) is 8.89. The minimum absolute atomic E-state index is 0.165. The Labute approximate surface area is 106 Å². The Bertz CT molecular complexity index is 350. The van der Waals surface area contributed by atoms with Crippen LogP contribution in [0.2, 0.25) is 0 Å². The molecule has 1 aliphatic heterocycles. The average Bonchev–Trinajstić information content (AvgIpc) is 2.33. The molecule has 1 heterocycles. The molecule has 2 aliphatic rings. The molecule has 0 aromatic heterocycles. The summed E-state index contributed by atoms with van der Waals surface area (Å²) in [5.41, 5.74) is 0.165. The van der Waals surface area contributed by atoms with Gasteiger partial charge in [-0.25, -0.2) is 4.79 Å². The quantitative estimate of drug-likeness (QED) is 0.780. The molecule has 1 amide bonds. The molecule has 2 fully saturated rings. The van der Waals surface area contributed by atoms with E-state index >= 15 is 0 Å². The van der Waals surface area contributed by atoms with Crippen LogP contribution in [0.4, 0.5) is 4.79 Å². The van der Waals surface area contributed by atoms with Crippen LogP contribution < -0.4 is 0 Å². The largest absolute Gasteiger partial charge is 0.481 e. The average molecular weight is 253 g/mol. The molecule has 0 unspecified atom stereocenters. The van der Waals surface area contributed by atoms with Crippen molar-refractivity contribution >= 4 is 12.1 Å². The molecule has 18 heavy (non-hydrogen) atoms. The van der Waals surface area contributed by atoms with Gasteiger partial charge in [-0.3, -0.25) is 4.79 Å². The van der Waals surface area contributed by atoms with Crippen LogP contribution >= 0.6 is 0 Å². The number of hydrogen-bond donors (Lipinski definition) is 1. The zero-order chi connectivity index (χ0) is 13.2. The maximum Gasteiger partial charge on any atom is 0.410 e. The van der Waals surface area contributed by atoms with Crippen molar-refractivity contribution in [2.45, 2.75) is 25.7 Å². The van der Waals surface area contributed by atoms with Crippen molar-refractivity contribution in [2.24, 2.45) is 11.3 Å². The van der Waals surface area contributed by atoms with Crippen molar-refractivity contribution in [2.75, 3.05) is 19.7 Å². The van der Waals surface area contributed by atoms with E-state index < -0.39 is 5.97 Å². The third-order valence-corrected chi connectivity index (χ3v) is 4.12. The molecule has 0 atom stereocenters. The molecule has 0 aromatic rings. The van der Waals surface area contributed by atoms with Gasteiger partial charge >= 0.3 is 12.1 Å². The number of carbonyl (C=O) groups excluding carboxylic acids is 1. The Morgan fingerprint density at radius 3 is 2.50 bits per heavy atom. The number of carbonyl (C=O) groups is 2. The fourth-order valence-corrected chi connectivity index (χ4v) is 2.95. The van der Waals surface area contributed by atoms with Gasteiger partial charge in [0, 0.05) is 13.1 Å². The highest BCUT2D eigenvalue weighted by molar-refractivity contribution is 5.71. The lowest BCUT2D eigenvalue weighted by Crippen LogP contribution is -2.50. The molecule has 1 N–H and O–H groups in total. The maximum atomic E-state index is 11.6. The van der Waals surface area contributed by atoms with Crippen LogP contribution in [0.1, 0.15) is 25.7 Å². The van der Waals surface area contributed by atoms with Crippen LogP contribution in [-0.4, -0.2) is 41.8 Å². The molecule has 0 aromatic carbocycles. The Hall–Kier alpha value is -1.52. The standard InChI is InChI=1S/C13H19NO4/c1-2-7-18-12(17)14-5-3-13(4-6-14)8-10(9-13)11(15)16/h2,10H,1,3-9H2,(H,15,16). The lowest BCUT2D eigenvalue weighted by atomic mass is 9.57. The monoisotopic (exact) mass is 253 g/mol. The number of aliphatic carboxylic acids is 1. The van der Waals surface area contributed by atoms with Crippen LogP contribution in [0.5, 0.6) is 0 Å². The first-order valence-electron chi connectivity index (χ1n) is 6.32. The van der Waals surface area contributed by atoms with E-state index in [4.69, 9.17) is 9.84 Å². The van der Waals surface area contributed by atoms with E-state index in [9.17, 15) is 9.59 Å². The molecule has 5 heteroatoms. The highest BCUT2D eigenvalue weighted by Crippen LogP contribution is 2.52. The van der Waals surface area contributed by atoms with Gasteiger partial charge in [-0.15, -0.1) is 0 Å². The molecular formula is C13H19NO4. The van der Waals surface area contributed by atoms with Gasteiger partial charge in [0.25, 0.3) is 0 Å². The summed E-state index contributed by atoms with van der Waals surface area (Å²) in [4.78, 5) is 24.1. The van der Waals surface area contributed by atoms with E-state index in [0.29, 0.717) is 13.1 Å². The fraction of sp³-hybridized carbons (Fsp3) is 0.692. The van der Waals surface area contributed by atoms with Crippen LogP contribution in [0.3, 0.4) is 0 Å². The SMILES string of the molecule is C=CCOC(=O)N1CCC2(CC1)CC(C(=O)O)C2. The number of piperidine rings is 1. The van der Waals surface area contributed by atoms with Crippen LogP contribution in [0, 0.1) is 11.3 Å². The first kappa shape index (κ1) is 12.9. The third-order valence-electron chi connectivity index (χ3n) is 4.12. The second-order valence-corrected chi connectivity index (χ2v) is 5.30. The van der Waals surface area contributed by atoms with Crippen LogP contribution in [0.15, 0.2) is 12.7 Å². The highest BCUT2D eigenvalue weighted by Gasteiger charge is 2.49. The lowest BCUT2D eigenvalue weighted by Gasteiger charge is -2.50. The summed E-state index contributed by atoms with van der Waals surface area (Å²) in [6.45, 7) is 5.07. The normalized spacial score (nSPS) is 22.3. The van der Waals surface area contributed by atoms with Gasteiger partial charge in [0.05, 0.1) is 5.92 Å². The summed E-state index contributed by atoms with van der Waals surface area (Å²) in [7, 11) is 0. The van der Waals surface area contributed by atoms with Crippen LogP contribution in [-0.2, 0) is 9.53 Å². The van der Waals surface area contributed by atoms with E-state index in [2.05, 4.69) is 6.58 Å². The first-order chi connectivity index (χ1) is 8.56. The summed E-state index contributed by atoms with van der Waals surface area (Å²) in [5.74, 6) is -0.863. The van der Waals surface area contributed by atoms with Crippen LogP contribution in [0.25, 0.3) is 0 Å². The number of likely N-dealkylation sites (tertiary alicyclic amines) is 1. The predicted octanol–water partition coefficient (Wildman–Crippen LogP) is 1.89. The van der Waals surface area contributed by atoms with Gasteiger partial charge in [0.15, 0.2) is 0 Å². The van der Waals surface area contributed by atoms with Crippen molar-refractivity contribution in [3.8, 4) is 0 Å². The molecular weight excluding hydrogens is 234 g/mol. The maximum absolute atomic E-state index is 11.6. The minimum Gasteiger partial charge on any atom is -0.481 e. The number of nitrogens with zero attached hydrogens (tertiary/aromatic N) is 1. The molecule has 0 bridgehead atoms. The number of carboxylic acids is 1. The molecule has 0 radical (unpaired) electrons. The van der Waals surface area contributed by atoms with E-state index in [1.807, 2.05) is 0 Å². The second kappa shape index (κ2) is 5.00. The second-order valence-electron chi connectivity index (χ2n) is 5.30. The highest BCUT2D eigenvalue weighted by atomic mass is 16.6. The Morgan fingerprint density at radius 1 is 1.39 bits per heavy atom. The Morgan fingerprint density at radius 2 is 2.00 bits per heavy atom. The van der Waals surface area contributed by atoms with Gasteiger partial charge in [-0.2, -0.15) is 0 Å². The molecule has 100 valence electrons.